The Bertz CT molecular complexity index is 934. The number of hydrogen-bond donors (Lipinski definition) is 1. The van der Waals surface area contributed by atoms with Gasteiger partial charge in [-0.3, -0.25) is 4.99 Å². The molecular formula is C22H24ClFN2O. The van der Waals surface area contributed by atoms with Crippen molar-refractivity contribution in [3.63, 3.8) is 0 Å². The Hall–Kier alpha value is -2.33. The lowest BCUT2D eigenvalue weighted by atomic mass is 9.87. The van der Waals surface area contributed by atoms with Crippen LogP contribution in [0.4, 0.5) is 15.8 Å². The molecule has 0 aromatic heterocycles. The van der Waals surface area contributed by atoms with E-state index in [-0.39, 0.29) is 17.1 Å². The normalized spacial score (nSPS) is 15.8. The van der Waals surface area contributed by atoms with Crippen molar-refractivity contribution in [1.29, 1.82) is 0 Å². The Balaban J connectivity index is 2.03. The summed E-state index contributed by atoms with van der Waals surface area (Å²) in [5.41, 5.74) is 3.59. The highest BCUT2D eigenvalue weighted by Gasteiger charge is 2.31. The second kappa shape index (κ2) is 7.35. The van der Waals surface area contributed by atoms with E-state index in [1.807, 2.05) is 13.0 Å². The standard InChI is InChI=1S/C22H24ClFN2O/c1-5-8-26-20-11-18(24)15(9-17(20)14(2)12-22(26,3)4)13-25-19-7-6-16(23)10-21(19)27/h6-7,9-13,27H,5,8H2,1-4H3. The van der Waals surface area contributed by atoms with E-state index in [9.17, 15) is 9.50 Å². The summed E-state index contributed by atoms with van der Waals surface area (Å²) in [6, 6.07) is 8.06. The average molecular weight is 387 g/mol. The number of nitrogens with zero attached hydrogens (tertiary/aromatic N) is 2. The highest BCUT2D eigenvalue weighted by atomic mass is 35.5. The van der Waals surface area contributed by atoms with Crippen molar-refractivity contribution in [2.24, 2.45) is 4.99 Å². The fraction of sp³-hybridized carbons (Fsp3) is 0.318. The molecule has 0 spiro atoms. The Morgan fingerprint density at radius 3 is 2.67 bits per heavy atom. The number of hydrogen-bond acceptors (Lipinski definition) is 3. The SMILES string of the molecule is CCCN1c2cc(F)c(C=Nc3ccc(Cl)cc3O)cc2C(C)=CC1(C)C. The number of fused-ring (bicyclic) bond motifs is 1. The third-order valence-electron chi connectivity index (χ3n) is 4.82. The van der Waals surface area contributed by atoms with Gasteiger partial charge in [0.1, 0.15) is 17.3 Å². The van der Waals surface area contributed by atoms with Crippen molar-refractivity contribution in [3.8, 4) is 5.75 Å². The number of phenols is 1. The number of halogens is 2. The number of allylic oxidation sites excluding steroid dienone is 1. The molecule has 0 fully saturated rings. The number of aromatic hydroxyl groups is 1. The molecule has 0 radical (unpaired) electrons. The number of rotatable bonds is 4. The Labute approximate surface area is 164 Å². The summed E-state index contributed by atoms with van der Waals surface area (Å²) >= 11 is 5.83. The predicted octanol–water partition coefficient (Wildman–Crippen LogP) is 6.35. The first-order valence-electron chi connectivity index (χ1n) is 9.06. The lowest BCUT2D eigenvalue weighted by Gasteiger charge is -2.43. The van der Waals surface area contributed by atoms with Crippen molar-refractivity contribution in [2.75, 3.05) is 11.4 Å². The molecule has 27 heavy (non-hydrogen) atoms. The average Bonchev–Trinajstić information content (AvgIpc) is 2.58. The molecule has 1 aliphatic heterocycles. The summed E-state index contributed by atoms with van der Waals surface area (Å²) in [4.78, 5) is 6.47. The first kappa shape index (κ1) is 19.4. The molecule has 0 bridgehead atoms. The number of anilines is 1. The molecule has 3 nitrogen and oxygen atoms in total. The molecule has 3 rings (SSSR count). The summed E-state index contributed by atoms with van der Waals surface area (Å²) in [6.07, 6.45) is 4.64. The van der Waals surface area contributed by atoms with Crippen LogP contribution < -0.4 is 4.90 Å². The van der Waals surface area contributed by atoms with Crippen LogP contribution in [0.1, 0.15) is 45.2 Å². The van der Waals surface area contributed by atoms with Crippen LogP contribution in [0.3, 0.4) is 0 Å². The minimum atomic E-state index is -0.336. The van der Waals surface area contributed by atoms with Gasteiger partial charge in [0.25, 0.3) is 0 Å². The Morgan fingerprint density at radius 1 is 1.26 bits per heavy atom. The summed E-state index contributed by atoms with van der Waals surface area (Å²) in [6.45, 7) is 9.32. The summed E-state index contributed by atoms with van der Waals surface area (Å²) in [7, 11) is 0. The second-order valence-electron chi connectivity index (χ2n) is 7.41. The summed E-state index contributed by atoms with van der Waals surface area (Å²) in [5, 5.41) is 10.3. The maximum Gasteiger partial charge on any atom is 0.142 e. The first-order chi connectivity index (χ1) is 12.7. The van der Waals surface area contributed by atoms with E-state index in [0.717, 1.165) is 29.8 Å². The molecule has 0 saturated carbocycles. The van der Waals surface area contributed by atoms with E-state index in [0.29, 0.717) is 16.3 Å². The van der Waals surface area contributed by atoms with E-state index in [1.54, 1.807) is 18.2 Å². The Morgan fingerprint density at radius 2 is 2.00 bits per heavy atom. The van der Waals surface area contributed by atoms with E-state index in [1.165, 1.54) is 12.3 Å². The number of aliphatic imine (C=N–C) groups is 1. The lowest BCUT2D eigenvalue weighted by Crippen LogP contribution is -2.45. The topological polar surface area (TPSA) is 35.8 Å². The van der Waals surface area contributed by atoms with E-state index >= 15 is 0 Å². The van der Waals surface area contributed by atoms with Gasteiger partial charge in [-0.05, 0) is 57.0 Å². The summed E-state index contributed by atoms with van der Waals surface area (Å²) in [5.74, 6) is -0.373. The molecule has 0 aliphatic carbocycles. The summed E-state index contributed by atoms with van der Waals surface area (Å²) < 4.78 is 14.8. The van der Waals surface area contributed by atoms with Gasteiger partial charge >= 0.3 is 0 Å². The lowest BCUT2D eigenvalue weighted by molar-refractivity contribution is 0.477. The third kappa shape index (κ3) is 3.86. The quantitative estimate of drug-likeness (QED) is 0.621. The smallest absolute Gasteiger partial charge is 0.142 e. The molecule has 0 amide bonds. The van der Waals surface area contributed by atoms with E-state index in [4.69, 9.17) is 11.6 Å². The van der Waals surface area contributed by atoms with Gasteiger partial charge in [0, 0.05) is 40.7 Å². The molecule has 5 heteroatoms. The van der Waals surface area contributed by atoms with Crippen LogP contribution >= 0.6 is 11.6 Å². The van der Waals surface area contributed by atoms with Crippen LogP contribution in [0.25, 0.3) is 5.57 Å². The van der Waals surface area contributed by atoms with Gasteiger partial charge in [0.15, 0.2) is 0 Å². The highest BCUT2D eigenvalue weighted by Crippen LogP contribution is 2.40. The monoisotopic (exact) mass is 386 g/mol. The van der Waals surface area contributed by atoms with E-state index < -0.39 is 0 Å². The minimum absolute atomic E-state index is 0.0379. The van der Waals surface area contributed by atoms with Gasteiger partial charge in [-0.25, -0.2) is 4.39 Å². The molecule has 0 unspecified atom stereocenters. The van der Waals surface area contributed by atoms with Crippen molar-refractivity contribution in [1.82, 2.24) is 0 Å². The zero-order valence-electron chi connectivity index (χ0n) is 16.1. The van der Waals surface area contributed by atoms with Gasteiger partial charge in [0.05, 0.1) is 5.54 Å². The molecule has 0 atom stereocenters. The van der Waals surface area contributed by atoms with Gasteiger partial charge in [-0.15, -0.1) is 0 Å². The maximum atomic E-state index is 14.8. The van der Waals surface area contributed by atoms with Crippen LogP contribution in [-0.4, -0.2) is 23.4 Å². The van der Waals surface area contributed by atoms with Crippen LogP contribution in [0.5, 0.6) is 5.75 Å². The minimum Gasteiger partial charge on any atom is -0.506 e. The zero-order valence-corrected chi connectivity index (χ0v) is 16.8. The largest absolute Gasteiger partial charge is 0.506 e. The Kier molecular flexibility index (Phi) is 5.29. The molecule has 1 N–H and O–H groups in total. The molecule has 142 valence electrons. The highest BCUT2D eigenvalue weighted by molar-refractivity contribution is 6.30. The van der Waals surface area contributed by atoms with Crippen LogP contribution in [0, 0.1) is 5.82 Å². The predicted molar refractivity (Wildman–Crippen MR) is 112 cm³/mol. The number of phenolic OH excluding ortho intramolecular Hbond substituents is 1. The van der Waals surface area contributed by atoms with E-state index in [2.05, 4.69) is 36.7 Å². The van der Waals surface area contributed by atoms with Gasteiger partial charge in [0.2, 0.25) is 0 Å². The van der Waals surface area contributed by atoms with Crippen LogP contribution in [0.2, 0.25) is 5.02 Å². The van der Waals surface area contributed by atoms with Gasteiger partial charge in [-0.1, -0.05) is 24.6 Å². The fourth-order valence-electron chi connectivity index (χ4n) is 3.59. The fourth-order valence-corrected chi connectivity index (χ4v) is 3.76. The molecular weight excluding hydrogens is 363 g/mol. The zero-order chi connectivity index (χ0) is 19.8. The van der Waals surface area contributed by atoms with Gasteiger partial charge < -0.3 is 10.0 Å². The number of benzene rings is 2. The third-order valence-corrected chi connectivity index (χ3v) is 5.06. The second-order valence-corrected chi connectivity index (χ2v) is 7.85. The molecule has 2 aromatic rings. The van der Waals surface area contributed by atoms with Crippen LogP contribution in [0.15, 0.2) is 41.4 Å². The van der Waals surface area contributed by atoms with Gasteiger partial charge in [-0.2, -0.15) is 0 Å². The molecule has 1 aliphatic rings. The van der Waals surface area contributed by atoms with Crippen molar-refractivity contribution in [2.45, 2.75) is 39.7 Å². The maximum absolute atomic E-state index is 14.8. The van der Waals surface area contributed by atoms with Crippen LogP contribution in [-0.2, 0) is 0 Å². The molecule has 0 saturated heterocycles. The first-order valence-corrected chi connectivity index (χ1v) is 9.44. The van der Waals surface area contributed by atoms with Crippen molar-refractivity contribution in [3.05, 3.63) is 58.4 Å². The molecule has 1 heterocycles. The van der Waals surface area contributed by atoms with Crippen molar-refractivity contribution >= 4 is 34.8 Å². The van der Waals surface area contributed by atoms with Crippen molar-refractivity contribution < 1.29 is 9.50 Å². The molecule has 2 aromatic carbocycles.